The second-order valence-corrected chi connectivity index (χ2v) is 6.12. The smallest absolute Gasteiger partial charge is 0.260 e. The van der Waals surface area contributed by atoms with E-state index in [1.54, 1.807) is 30.3 Å². The molecule has 0 radical (unpaired) electrons. The zero-order valence-corrected chi connectivity index (χ0v) is 12.9. The third-order valence-corrected chi connectivity index (χ3v) is 4.53. The van der Waals surface area contributed by atoms with Gasteiger partial charge in [0.05, 0.1) is 17.4 Å². The summed E-state index contributed by atoms with van der Waals surface area (Å²) in [5, 5.41) is 11.4. The molecule has 0 saturated carbocycles. The van der Waals surface area contributed by atoms with Gasteiger partial charge in [-0.05, 0) is 36.2 Å². The first-order chi connectivity index (χ1) is 11.5. The lowest BCUT2D eigenvalue weighted by Gasteiger charge is -2.24. The number of nitrogens with zero attached hydrogens (tertiary/aromatic N) is 2. The Bertz CT molecular complexity index is 954. The van der Waals surface area contributed by atoms with E-state index < -0.39 is 5.60 Å². The summed E-state index contributed by atoms with van der Waals surface area (Å²) >= 11 is 0. The average Bonchev–Trinajstić information content (AvgIpc) is 2.99. The van der Waals surface area contributed by atoms with Crippen molar-refractivity contribution in [2.75, 3.05) is 18.0 Å². The van der Waals surface area contributed by atoms with Crippen LogP contribution in [0.1, 0.15) is 12.0 Å². The van der Waals surface area contributed by atoms with Crippen molar-refractivity contribution in [3.05, 3.63) is 70.3 Å². The van der Waals surface area contributed by atoms with Crippen molar-refractivity contribution >= 4 is 16.9 Å². The number of fused-ring (bicyclic) bond motifs is 1. The fraction of sp³-hybridized carbons (Fsp3) is 0.222. The number of benzene rings is 2. The number of aliphatic hydroxyl groups is 1. The predicted molar refractivity (Wildman–Crippen MR) is 89.5 cm³/mol. The zero-order chi connectivity index (χ0) is 16.7. The molecule has 4 rings (SSSR count). The van der Waals surface area contributed by atoms with E-state index in [1.807, 2.05) is 11.0 Å². The predicted octanol–water partition coefficient (Wildman–Crippen LogP) is 2.16. The van der Waals surface area contributed by atoms with Gasteiger partial charge in [0, 0.05) is 6.54 Å². The summed E-state index contributed by atoms with van der Waals surface area (Å²) in [6.07, 6.45) is 0.481. The molecule has 2 N–H and O–H groups in total. The summed E-state index contributed by atoms with van der Waals surface area (Å²) in [7, 11) is 0. The Balaban J connectivity index is 1.67. The number of hydrogen-bond acceptors (Lipinski definition) is 4. The molecule has 1 atom stereocenters. The number of H-pyrrole nitrogens is 1. The minimum atomic E-state index is -1.09. The summed E-state index contributed by atoms with van der Waals surface area (Å²) in [5.74, 6) is 0.106. The lowest BCUT2D eigenvalue weighted by Crippen LogP contribution is -2.32. The molecule has 1 aromatic heterocycles. The number of para-hydroxylation sites is 1. The highest BCUT2D eigenvalue weighted by atomic mass is 19.1. The highest BCUT2D eigenvalue weighted by Crippen LogP contribution is 2.33. The first-order valence-electron chi connectivity index (χ1n) is 7.78. The van der Waals surface area contributed by atoms with Crippen molar-refractivity contribution in [3.63, 3.8) is 0 Å². The Morgan fingerprint density at radius 3 is 2.71 bits per heavy atom. The van der Waals surface area contributed by atoms with Gasteiger partial charge in [0.15, 0.2) is 0 Å². The number of halogens is 1. The van der Waals surface area contributed by atoms with Crippen LogP contribution >= 0.6 is 0 Å². The van der Waals surface area contributed by atoms with Crippen molar-refractivity contribution < 1.29 is 9.50 Å². The maximum absolute atomic E-state index is 13.1. The first-order valence-corrected chi connectivity index (χ1v) is 7.78. The second-order valence-electron chi connectivity index (χ2n) is 6.12. The Morgan fingerprint density at radius 1 is 1.17 bits per heavy atom. The molecule has 0 amide bonds. The average molecular weight is 325 g/mol. The minimum absolute atomic E-state index is 0.201. The molecule has 2 heterocycles. The second kappa shape index (κ2) is 5.42. The molecule has 0 spiro atoms. The quantitative estimate of drug-likeness (QED) is 0.757. The molecule has 3 aromatic rings. The molecule has 1 aliphatic heterocycles. The Kier molecular flexibility index (Phi) is 3.35. The molecular formula is C18H16FN3O2. The van der Waals surface area contributed by atoms with Gasteiger partial charge in [0.25, 0.3) is 5.56 Å². The summed E-state index contributed by atoms with van der Waals surface area (Å²) in [4.78, 5) is 21.3. The maximum Gasteiger partial charge on any atom is 0.260 e. The van der Waals surface area contributed by atoms with E-state index in [4.69, 9.17) is 0 Å². The fourth-order valence-electron chi connectivity index (χ4n) is 3.19. The number of nitrogens with one attached hydrogen (secondary N) is 1. The molecule has 0 bridgehead atoms. The van der Waals surface area contributed by atoms with Gasteiger partial charge in [-0.25, -0.2) is 9.37 Å². The van der Waals surface area contributed by atoms with Crippen molar-refractivity contribution in [1.29, 1.82) is 0 Å². The third-order valence-electron chi connectivity index (χ3n) is 4.53. The maximum atomic E-state index is 13.1. The highest BCUT2D eigenvalue weighted by Gasteiger charge is 2.38. The van der Waals surface area contributed by atoms with Gasteiger partial charge in [0.2, 0.25) is 5.95 Å². The molecule has 1 aliphatic rings. The lowest BCUT2D eigenvalue weighted by atomic mass is 9.93. The van der Waals surface area contributed by atoms with Crippen LogP contribution in [0.5, 0.6) is 0 Å². The van der Waals surface area contributed by atoms with Gasteiger partial charge in [0.1, 0.15) is 11.4 Å². The van der Waals surface area contributed by atoms with Gasteiger partial charge in [-0.1, -0.05) is 24.3 Å². The molecule has 122 valence electrons. The molecule has 6 heteroatoms. The van der Waals surface area contributed by atoms with Crippen LogP contribution in [-0.4, -0.2) is 28.2 Å². The molecule has 24 heavy (non-hydrogen) atoms. The van der Waals surface area contributed by atoms with Crippen LogP contribution in [0.25, 0.3) is 10.9 Å². The first kappa shape index (κ1) is 14.8. The third kappa shape index (κ3) is 2.45. The molecular weight excluding hydrogens is 309 g/mol. The molecule has 0 aliphatic carbocycles. The molecule has 1 unspecified atom stereocenters. The van der Waals surface area contributed by atoms with Crippen LogP contribution < -0.4 is 10.5 Å². The number of hydrogen-bond donors (Lipinski definition) is 2. The summed E-state index contributed by atoms with van der Waals surface area (Å²) in [6.45, 7) is 0.842. The van der Waals surface area contributed by atoms with E-state index in [2.05, 4.69) is 9.97 Å². The van der Waals surface area contributed by atoms with Crippen molar-refractivity contribution in [2.45, 2.75) is 12.0 Å². The summed E-state index contributed by atoms with van der Waals surface area (Å²) in [5.41, 5.74) is -0.00593. The van der Waals surface area contributed by atoms with Gasteiger partial charge < -0.3 is 10.0 Å². The highest BCUT2D eigenvalue weighted by molar-refractivity contribution is 5.78. The van der Waals surface area contributed by atoms with E-state index in [9.17, 15) is 14.3 Å². The van der Waals surface area contributed by atoms with Crippen LogP contribution in [-0.2, 0) is 5.60 Å². The van der Waals surface area contributed by atoms with E-state index >= 15 is 0 Å². The number of β-amino-alcohol motifs (C(OH)–C–C–N with tert-alkyl or cyclic N) is 1. The van der Waals surface area contributed by atoms with Crippen molar-refractivity contribution in [3.8, 4) is 0 Å². The Labute approximate surface area is 137 Å². The van der Waals surface area contributed by atoms with Crippen LogP contribution in [0.2, 0.25) is 0 Å². The Morgan fingerprint density at radius 2 is 1.92 bits per heavy atom. The number of aromatic amines is 1. The van der Waals surface area contributed by atoms with Crippen LogP contribution in [0, 0.1) is 5.82 Å². The largest absolute Gasteiger partial charge is 0.383 e. The van der Waals surface area contributed by atoms with Gasteiger partial charge in [-0.2, -0.15) is 0 Å². The van der Waals surface area contributed by atoms with Crippen molar-refractivity contribution in [2.24, 2.45) is 0 Å². The normalized spacial score (nSPS) is 20.7. The van der Waals surface area contributed by atoms with Gasteiger partial charge in [-0.15, -0.1) is 0 Å². The Hall–Kier alpha value is -2.73. The van der Waals surface area contributed by atoms with Crippen LogP contribution in [0.3, 0.4) is 0 Å². The summed E-state index contributed by atoms with van der Waals surface area (Å²) < 4.78 is 13.1. The molecule has 1 fully saturated rings. The van der Waals surface area contributed by atoms with Gasteiger partial charge >= 0.3 is 0 Å². The lowest BCUT2D eigenvalue weighted by molar-refractivity contribution is 0.0605. The van der Waals surface area contributed by atoms with Gasteiger partial charge in [-0.3, -0.25) is 9.78 Å². The number of aromatic nitrogens is 2. The number of rotatable bonds is 2. The van der Waals surface area contributed by atoms with Crippen LogP contribution in [0.15, 0.2) is 53.3 Å². The number of anilines is 1. The molecule has 1 saturated heterocycles. The van der Waals surface area contributed by atoms with E-state index in [-0.39, 0.29) is 11.4 Å². The fourth-order valence-corrected chi connectivity index (χ4v) is 3.19. The molecule has 2 aromatic carbocycles. The zero-order valence-electron chi connectivity index (χ0n) is 12.9. The standard InChI is InChI=1S/C18H16FN3O2/c19-13-7-5-12(6-8-13)18(24)9-10-22(11-18)17-20-15-4-2-1-3-14(15)16(23)21-17/h1-8,24H,9-11H2,(H,20,21,23). The monoisotopic (exact) mass is 325 g/mol. The molecule has 5 nitrogen and oxygen atoms in total. The SMILES string of the molecule is O=c1[nH]c(N2CCC(O)(c3ccc(F)cc3)C2)nc2ccccc12. The minimum Gasteiger partial charge on any atom is -0.383 e. The van der Waals surface area contributed by atoms with Crippen LogP contribution in [0.4, 0.5) is 10.3 Å². The van der Waals surface area contributed by atoms with Crippen molar-refractivity contribution in [1.82, 2.24) is 9.97 Å². The van der Waals surface area contributed by atoms with E-state index in [0.29, 0.717) is 41.9 Å². The topological polar surface area (TPSA) is 69.2 Å². The summed E-state index contributed by atoms with van der Waals surface area (Å²) in [6, 6.07) is 13.0. The van der Waals surface area contributed by atoms with E-state index in [1.165, 1.54) is 12.1 Å². The van der Waals surface area contributed by atoms with E-state index in [0.717, 1.165) is 0 Å².